The summed E-state index contributed by atoms with van der Waals surface area (Å²) in [5.41, 5.74) is 5.54. The first-order valence-electron chi connectivity index (χ1n) is 17.1. The number of aliphatic hydroxyl groups is 1. The van der Waals surface area contributed by atoms with E-state index in [1.54, 1.807) is 18.7 Å². The van der Waals surface area contributed by atoms with Gasteiger partial charge in [0.05, 0.1) is 18.6 Å². The summed E-state index contributed by atoms with van der Waals surface area (Å²) in [6.07, 6.45) is 3.86. The topological polar surface area (TPSA) is 143 Å². The van der Waals surface area contributed by atoms with E-state index in [1.807, 2.05) is 78.9 Å². The lowest BCUT2D eigenvalue weighted by Crippen LogP contribution is -2.47. The highest BCUT2D eigenvalue weighted by Gasteiger charge is 2.31. The van der Waals surface area contributed by atoms with E-state index < -0.39 is 36.1 Å². The predicted molar refractivity (Wildman–Crippen MR) is 193 cm³/mol. The molecule has 11 heteroatoms. The number of cyclic esters (lactones) is 1. The molecular formula is C39H45N3O7S. The van der Waals surface area contributed by atoms with Crippen LogP contribution >= 0.6 is 11.8 Å². The minimum absolute atomic E-state index is 0.0594. The van der Waals surface area contributed by atoms with Crippen LogP contribution in [0.3, 0.4) is 0 Å². The number of aliphatic hydroxyl groups excluding tert-OH is 1. The number of benzene rings is 3. The first-order valence-corrected chi connectivity index (χ1v) is 18.2. The van der Waals surface area contributed by atoms with Crippen molar-refractivity contribution in [1.29, 1.82) is 0 Å². The molecule has 0 radical (unpaired) electrons. The third-order valence-corrected chi connectivity index (χ3v) is 9.99. The molecule has 10 nitrogen and oxygen atoms in total. The average Bonchev–Trinajstić information content (AvgIpc) is 3.45. The van der Waals surface area contributed by atoms with Crippen LogP contribution < -0.4 is 16.0 Å². The summed E-state index contributed by atoms with van der Waals surface area (Å²) in [6, 6.07) is 24.1. The van der Waals surface area contributed by atoms with E-state index in [0.717, 1.165) is 27.8 Å². The third-order valence-electron chi connectivity index (χ3n) is 8.82. The van der Waals surface area contributed by atoms with Gasteiger partial charge in [0, 0.05) is 29.9 Å². The fraction of sp³-hybridized carbons (Fsp3) is 0.385. The van der Waals surface area contributed by atoms with Gasteiger partial charge >= 0.3 is 12.1 Å². The molecule has 0 fully saturated rings. The predicted octanol–water partition coefficient (Wildman–Crippen LogP) is 5.10. The van der Waals surface area contributed by atoms with E-state index in [2.05, 4.69) is 28.1 Å². The molecule has 0 bridgehead atoms. The first kappa shape index (κ1) is 36.7. The smallest absolute Gasteiger partial charge is 0.407 e. The maximum absolute atomic E-state index is 13.5. The summed E-state index contributed by atoms with van der Waals surface area (Å²) in [7, 11) is 0. The highest BCUT2D eigenvalue weighted by Crippen LogP contribution is 2.44. The standard InChI is InChI=1S/C39H45N3O7S/c1-26(21-43)40-36(44)20-28-14-6-3-7-19-35(38(46)48-22-29(41-37(28)45)25-50-24-27-12-4-2-5-13-27)42-39(47)49-23-34-32-17-10-8-15-30(32)31-16-9-11-18-33(31)34/h2-6,8-13,15-18,26,28-29,34-35,43H,7,14,19-25H2,1H3,(H,40,44)(H,41,45)(H,42,47)/t26-,28-,29-,35+/m1/s1. The summed E-state index contributed by atoms with van der Waals surface area (Å²) < 4.78 is 11.4. The second kappa shape index (κ2) is 18.4. The Morgan fingerprint density at radius 3 is 2.36 bits per heavy atom. The largest absolute Gasteiger partial charge is 0.462 e. The van der Waals surface area contributed by atoms with E-state index in [9.17, 15) is 24.3 Å². The zero-order valence-electron chi connectivity index (χ0n) is 28.2. The number of carbonyl (C=O) groups excluding carboxylic acids is 4. The van der Waals surface area contributed by atoms with Gasteiger partial charge in [0.2, 0.25) is 11.8 Å². The number of esters is 1. The number of fused-ring (bicyclic) bond motifs is 3. The van der Waals surface area contributed by atoms with Crippen molar-refractivity contribution in [3.05, 3.63) is 108 Å². The van der Waals surface area contributed by atoms with Crippen molar-refractivity contribution in [3.63, 3.8) is 0 Å². The first-order chi connectivity index (χ1) is 24.3. The van der Waals surface area contributed by atoms with Gasteiger partial charge in [-0.2, -0.15) is 11.8 Å². The number of hydrogen-bond acceptors (Lipinski definition) is 8. The quantitative estimate of drug-likeness (QED) is 0.160. The molecule has 0 unspecified atom stereocenters. The van der Waals surface area contributed by atoms with Crippen molar-refractivity contribution in [2.45, 2.75) is 62.4 Å². The molecular weight excluding hydrogens is 655 g/mol. The number of hydrogen-bond donors (Lipinski definition) is 4. The molecule has 3 aromatic rings. The summed E-state index contributed by atoms with van der Waals surface area (Å²) in [5.74, 6) is -0.913. The van der Waals surface area contributed by atoms with Gasteiger partial charge in [0.15, 0.2) is 0 Å². The fourth-order valence-electron chi connectivity index (χ4n) is 6.19. The second-order valence-corrected chi connectivity index (χ2v) is 13.7. The molecule has 264 valence electrons. The number of ether oxygens (including phenoxy) is 2. The molecule has 1 heterocycles. The van der Waals surface area contributed by atoms with Crippen molar-refractivity contribution < 1.29 is 33.8 Å². The molecule has 1 aliphatic carbocycles. The van der Waals surface area contributed by atoms with E-state index in [-0.39, 0.29) is 50.4 Å². The lowest BCUT2D eigenvalue weighted by molar-refractivity contribution is -0.147. The Bertz CT molecular complexity index is 1600. The maximum atomic E-state index is 13.5. The van der Waals surface area contributed by atoms with Crippen LogP contribution in [0.25, 0.3) is 11.1 Å². The van der Waals surface area contributed by atoms with Gasteiger partial charge in [-0.3, -0.25) is 9.59 Å². The van der Waals surface area contributed by atoms with Gasteiger partial charge in [0.25, 0.3) is 0 Å². The van der Waals surface area contributed by atoms with Crippen molar-refractivity contribution in [3.8, 4) is 11.1 Å². The zero-order chi connectivity index (χ0) is 35.3. The molecule has 0 aromatic heterocycles. The minimum atomic E-state index is -0.967. The Kier molecular flexibility index (Phi) is 13.5. The Labute approximate surface area is 297 Å². The Morgan fingerprint density at radius 2 is 1.66 bits per heavy atom. The van der Waals surface area contributed by atoms with Crippen LogP contribution in [0.15, 0.2) is 91.0 Å². The zero-order valence-corrected chi connectivity index (χ0v) is 29.0. The van der Waals surface area contributed by atoms with Gasteiger partial charge in [-0.1, -0.05) is 91.0 Å². The lowest BCUT2D eigenvalue weighted by atomic mass is 9.98. The number of nitrogens with one attached hydrogen (secondary N) is 3. The molecule has 0 spiro atoms. The van der Waals surface area contributed by atoms with E-state index in [0.29, 0.717) is 24.3 Å². The van der Waals surface area contributed by atoms with Crippen molar-refractivity contribution >= 4 is 35.6 Å². The van der Waals surface area contributed by atoms with E-state index in [1.165, 1.54) is 0 Å². The van der Waals surface area contributed by atoms with Crippen LogP contribution in [-0.2, 0) is 29.6 Å². The number of rotatable bonds is 11. The highest BCUT2D eigenvalue weighted by atomic mass is 32.2. The maximum Gasteiger partial charge on any atom is 0.407 e. The SMILES string of the molecule is C[C@H](CO)NC(=O)C[C@H]1CC=CCC[C@H](NC(=O)OCC2c3ccccc3-c3ccccc32)C(=O)OC[C@H](CSCc2ccccc2)NC1=O. The van der Waals surface area contributed by atoms with Gasteiger partial charge in [-0.25, -0.2) is 9.59 Å². The molecule has 0 saturated heterocycles. The Balaban J connectivity index is 1.24. The number of allylic oxidation sites excluding steroid dienone is 2. The molecule has 1 aliphatic heterocycles. The summed E-state index contributed by atoms with van der Waals surface area (Å²) in [4.78, 5) is 52.7. The molecule has 5 rings (SSSR count). The minimum Gasteiger partial charge on any atom is -0.462 e. The number of carbonyl (C=O) groups is 4. The van der Waals surface area contributed by atoms with Crippen molar-refractivity contribution in [1.82, 2.24) is 16.0 Å². The Morgan fingerprint density at radius 1 is 0.980 bits per heavy atom. The molecule has 0 saturated carbocycles. The third kappa shape index (κ3) is 10.2. The number of amides is 3. The summed E-state index contributed by atoms with van der Waals surface area (Å²) in [6.45, 7) is 1.48. The van der Waals surface area contributed by atoms with Gasteiger partial charge in [0.1, 0.15) is 19.3 Å². The van der Waals surface area contributed by atoms with Crippen molar-refractivity contribution in [2.75, 3.05) is 25.6 Å². The van der Waals surface area contributed by atoms with Crippen LogP contribution in [0.1, 0.15) is 55.2 Å². The van der Waals surface area contributed by atoms with Gasteiger partial charge in [-0.05, 0) is 54.0 Å². The highest BCUT2D eigenvalue weighted by molar-refractivity contribution is 7.98. The summed E-state index contributed by atoms with van der Waals surface area (Å²) >= 11 is 1.59. The van der Waals surface area contributed by atoms with Crippen molar-refractivity contribution in [2.24, 2.45) is 5.92 Å². The van der Waals surface area contributed by atoms with E-state index >= 15 is 0 Å². The fourth-order valence-corrected chi connectivity index (χ4v) is 7.20. The van der Waals surface area contributed by atoms with Crippen LogP contribution in [0.5, 0.6) is 0 Å². The second-order valence-electron chi connectivity index (χ2n) is 12.7. The Hall–Kier alpha value is -4.61. The normalized spacial score (nSPS) is 20.1. The van der Waals surface area contributed by atoms with Gasteiger partial charge in [-0.15, -0.1) is 0 Å². The van der Waals surface area contributed by atoms with Crippen LogP contribution in [-0.4, -0.2) is 72.7 Å². The average molecular weight is 700 g/mol. The summed E-state index contributed by atoms with van der Waals surface area (Å²) in [5, 5.41) is 17.8. The van der Waals surface area contributed by atoms with E-state index in [4.69, 9.17) is 9.47 Å². The number of thioether (sulfide) groups is 1. The molecule has 2 aliphatic rings. The number of alkyl carbamates (subject to hydrolysis) is 1. The van der Waals surface area contributed by atoms with Crippen LogP contribution in [0.4, 0.5) is 4.79 Å². The van der Waals surface area contributed by atoms with Crippen LogP contribution in [0.2, 0.25) is 0 Å². The molecule has 4 atom stereocenters. The molecule has 50 heavy (non-hydrogen) atoms. The van der Waals surface area contributed by atoms with Crippen LogP contribution in [0, 0.1) is 5.92 Å². The van der Waals surface area contributed by atoms with Gasteiger partial charge < -0.3 is 30.5 Å². The lowest BCUT2D eigenvalue weighted by Gasteiger charge is -2.23. The molecule has 3 aromatic carbocycles. The molecule has 4 N–H and O–H groups in total. The molecule has 3 amide bonds. The monoisotopic (exact) mass is 699 g/mol.